The number of hydrogen-bond acceptors (Lipinski definition) is 3. The first kappa shape index (κ1) is 18.4. The van der Waals surface area contributed by atoms with Gasteiger partial charge in [-0.25, -0.2) is 4.39 Å². The molecular formula is C21H19FN2O3. The van der Waals surface area contributed by atoms with E-state index in [1.807, 2.05) is 26.0 Å². The molecule has 0 bridgehead atoms. The highest BCUT2D eigenvalue weighted by Gasteiger charge is 2.16. The minimum Gasteiger partial charge on any atom is -0.459 e. The second kappa shape index (κ2) is 7.86. The summed E-state index contributed by atoms with van der Waals surface area (Å²) in [7, 11) is 0. The Morgan fingerprint density at radius 2 is 1.63 bits per heavy atom. The van der Waals surface area contributed by atoms with Gasteiger partial charge in [-0.15, -0.1) is 0 Å². The van der Waals surface area contributed by atoms with E-state index in [9.17, 15) is 14.0 Å². The van der Waals surface area contributed by atoms with Gasteiger partial charge in [0.15, 0.2) is 5.76 Å². The number of halogens is 1. The first-order valence-corrected chi connectivity index (χ1v) is 8.46. The van der Waals surface area contributed by atoms with Crippen LogP contribution in [0.15, 0.2) is 65.3 Å². The Balaban J connectivity index is 1.62. The third-order valence-corrected chi connectivity index (χ3v) is 4.19. The highest BCUT2D eigenvalue weighted by molar-refractivity contribution is 6.04. The maximum absolute atomic E-state index is 12.9. The van der Waals surface area contributed by atoms with Crippen molar-refractivity contribution in [1.29, 1.82) is 0 Å². The van der Waals surface area contributed by atoms with E-state index < -0.39 is 5.82 Å². The van der Waals surface area contributed by atoms with E-state index in [4.69, 9.17) is 4.42 Å². The SMILES string of the molecule is Cc1ccoc1C(=O)NC(C)c1ccc(NC(=O)c2ccc(F)cc2)cc1. The molecule has 2 amide bonds. The van der Waals surface area contributed by atoms with Crippen molar-refractivity contribution in [3.05, 3.63) is 89.1 Å². The third-order valence-electron chi connectivity index (χ3n) is 4.19. The molecule has 1 atom stereocenters. The Kier molecular flexibility index (Phi) is 5.35. The molecule has 138 valence electrons. The van der Waals surface area contributed by atoms with E-state index in [0.717, 1.165) is 11.1 Å². The van der Waals surface area contributed by atoms with Gasteiger partial charge in [0, 0.05) is 16.8 Å². The van der Waals surface area contributed by atoms with Crippen molar-refractivity contribution in [3.8, 4) is 0 Å². The van der Waals surface area contributed by atoms with Gasteiger partial charge in [-0.1, -0.05) is 12.1 Å². The molecule has 0 radical (unpaired) electrons. The standard InChI is InChI=1S/C21H19FN2O3/c1-13-11-12-27-19(13)21(26)23-14(2)15-5-9-18(10-6-15)24-20(25)16-3-7-17(22)8-4-16/h3-12,14H,1-2H3,(H,23,26)(H,24,25). The fraction of sp³-hybridized carbons (Fsp3) is 0.143. The number of carbonyl (C=O) groups is 2. The van der Waals surface area contributed by atoms with Crippen LogP contribution in [0.1, 0.15) is 45.0 Å². The second-order valence-corrected chi connectivity index (χ2v) is 6.21. The minimum absolute atomic E-state index is 0.233. The number of anilines is 1. The lowest BCUT2D eigenvalue weighted by Gasteiger charge is -2.14. The van der Waals surface area contributed by atoms with Gasteiger partial charge in [-0.3, -0.25) is 9.59 Å². The smallest absolute Gasteiger partial charge is 0.287 e. The van der Waals surface area contributed by atoms with E-state index in [1.165, 1.54) is 30.5 Å². The summed E-state index contributed by atoms with van der Waals surface area (Å²) in [5.74, 6) is -0.696. The number of hydrogen-bond donors (Lipinski definition) is 2. The van der Waals surface area contributed by atoms with Crippen LogP contribution in [0.3, 0.4) is 0 Å². The molecule has 1 unspecified atom stereocenters. The largest absolute Gasteiger partial charge is 0.459 e. The molecule has 2 aromatic carbocycles. The predicted molar refractivity (Wildman–Crippen MR) is 100 cm³/mol. The average Bonchev–Trinajstić information content (AvgIpc) is 3.09. The van der Waals surface area contributed by atoms with Gasteiger partial charge < -0.3 is 15.1 Å². The molecule has 27 heavy (non-hydrogen) atoms. The van der Waals surface area contributed by atoms with Crippen LogP contribution in [0.2, 0.25) is 0 Å². The number of rotatable bonds is 5. The Bertz CT molecular complexity index is 946. The number of furan rings is 1. The Morgan fingerprint density at radius 1 is 0.963 bits per heavy atom. The van der Waals surface area contributed by atoms with Gasteiger partial charge in [0.2, 0.25) is 0 Å². The number of aryl methyl sites for hydroxylation is 1. The fourth-order valence-corrected chi connectivity index (χ4v) is 2.61. The fourth-order valence-electron chi connectivity index (χ4n) is 2.61. The van der Waals surface area contributed by atoms with Crippen molar-refractivity contribution in [1.82, 2.24) is 5.32 Å². The minimum atomic E-state index is -0.392. The van der Waals surface area contributed by atoms with Crippen LogP contribution in [-0.4, -0.2) is 11.8 Å². The third kappa shape index (κ3) is 4.41. The lowest BCUT2D eigenvalue weighted by molar-refractivity contribution is 0.0910. The molecule has 1 aromatic heterocycles. The van der Waals surface area contributed by atoms with Gasteiger partial charge in [-0.2, -0.15) is 0 Å². The summed E-state index contributed by atoms with van der Waals surface area (Å²) in [6.45, 7) is 3.67. The van der Waals surface area contributed by atoms with Crippen LogP contribution in [0.5, 0.6) is 0 Å². The summed E-state index contributed by atoms with van der Waals surface area (Å²) in [6, 6.07) is 14.0. The van der Waals surface area contributed by atoms with Crippen molar-refractivity contribution in [2.24, 2.45) is 0 Å². The van der Waals surface area contributed by atoms with E-state index in [-0.39, 0.29) is 17.9 Å². The lowest BCUT2D eigenvalue weighted by Crippen LogP contribution is -2.26. The van der Waals surface area contributed by atoms with Gasteiger partial charge in [0.05, 0.1) is 12.3 Å². The molecule has 0 aliphatic carbocycles. The molecule has 5 nitrogen and oxygen atoms in total. The number of nitrogens with one attached hydrogen (secondary N) is 2. The molecule has 2 N–H and O–H groups in total. The molecule has 0 spiro atoms. The molecule has 0 aliphatic rings. The monoisotopic (exact) mass is 366 g/mol. The first-order valence-electron chi connectivity index (χ1n) is 8.46. The number of carbonyl (C=O) groups excluding carboxylic acids is 2. The lowest BCUT2D eigenvalue weighted by atomic mass is 10.1. The quantitative estimate of drug-likeness (QED) is 0.700. The molecular weight excluding hydrogens is 347 g/mol. The first-order chi connectivity index (χ1) is 12.9. The Hall–Kier alpha value is -3.41. The highest BCUT2D eigenvalue weighted by atomic mass is 19.1. The maximum atomic E-state index is 12.9. The molecule has 6 heteroatoms. The van der Waals surface area contributed by atoms with Gasteiger partial charge in [0.1, 0.15) is 5.82 Å². The van der Waals surface area contributed by atoms with Gasteiger partial charge >= 0.3 is 0 Å². The summed E-state index contributed by atoms with van der Waals surface area (Å²) in [5, 5.41) is 5.63. The summed E-state index contributed by atoms with van der Waals surface area (Å²) in [5.41, 5.74) is 2.63. The summed E-state index contributed by atoms with van der Waals surface area (Å²) in [4.78, 5) is 24.4. The number of amides is 2. The highest BCUT2D eigenvalue weighted by Crippen LogP contribution is 2.18. The van der Waals surface area contributed by atoms with E-state index >= 15 is 0 Å². The molecule has 0 saturated heterocycles. The zero-order valence-electron chi connectivity index (χ0n) is 15.0. The molecule has 0 fully saturated rings. The average molecular weight is 366 g/mol. The zero-order valence-corrected chi connectivity index (χ0v) is 15.0. The Labute approximate surface area is 156 Å². The number of benzene rings is 2. The predicted octanol–water partition coefficient (Wildman–Crippen LogP) is 4.47. The summed E-state index contributed by atoms with van der Waals surface area (Å²) < 4.78 is 18.1. The second-order valence-electron chi connectivity index (χ2n) is 6.21. The van der Waals surface area contributed by atoms with Crippen molar-refractivity contribution < 1.29 is 18.4 Å². The normalized spacial score (nSPS) is 11.7. The van der Waals surface area contributed by atoms with Crippen LogP contribution in [0.4, 0.5) is 10.1 Å². The van der Waals surface area contributed by atoms with Crippen molar-refractivity contribution in [2.75, 3.05) is 5.32 Å². The molecule has 3 aromatic rings. The van der Waals surface area contributed by atoms with E-state index in [2.05, 4.69) is 10.6 Å². The van der Waals surface area contributed by atoms with Gasteiger partial charge in [0.25, 0.3) is 11.8 Å². The van der Waals surface area contributed by atoms with Crippen LogP contribution >= 0.6 is 0 Å². The van der Waals surface area contributed by atoms with E-state index in [0.29, 0.717) is 17.0 Å². The van der Waals surface area contributed by atoms with Crippen LogP contribution in [0.25, 0.3) is 0 Å². The van der Waals surface area contributed by atoms with Gasteiger partial charge in [-0.05, 0) is 61.9 Å². The van der Waals surface area contributed by atoms with E-state index in [1.54, 1.807) is 18.2 Å². The Morgan fingerprint density at radius 3 is 2.22 bits per heavy atom. The summed E-state index contributed by atoms with van der Waals surface area (Å²) in [6.07, 6.45) is 1.48. The van der Waals surface area contributed by atoms with Crippen molar-refractivity contribution in [3.63, 3.8) is 0 Å². The van der Waals surface area contributed by atoms with Crippen LogP contribution in [-0.2, 0) is 0 Å². The van der Waals surface area contributed by atoms with Crippen LogP contribution < -0.4 is 10.6 Å². The topological polar surface area (TPSA) is 71.3 Å². The zero-order chi connectivity index (χ0) is 19.4. The summed E-state index contributed by atoms with van der Waals surface area (Å²) >= 11 is 0. The van der Waals surface area contributed by atoms with Crippen LogP contribution in [0, 0.1) is 12.7 Å². The molecule has 0 saturated carbocycles. The molecule has 3 rings (SSSR count). The molecule has 1 heterocycles. The van der Waals surface area contributed by atoms with Crippen molar-refractivity contribution in [2.45, 2.75) is 19.9 Å². The maximum Gasteiger partial charge on any atom is 0.287 e. The van der Waals surface area contributed by atoms with Crippen molar-refractivity contribution >= 4 is 17.5 Å². The molecule has 0 aliphatic heterocycles.